The van der Waals surface area contributed by atoms with Crippen molar-refractivity contribution >= 4 is 5.91 Å². The Bertz CT molecular complexity index is 167. The molecule has 0 unspecified atom stereocenters. The van der Waals surface area contributed by atoms with Crippen LogP contribution in [0.3, 0.4) is 0 Å². The number of rotatable bonds is 4. The number of nitrogens with zero attached hydrogens (tertiary/aromatic N) is 2. The molecule has 1 aliphatic rings. The third-order valence-corrected chi connectivity index (χ3v) is 2.35. The average Bonchev–Trinajstić information content (AvgIpc) is 2.55. The highest BCUT2D eigenvalue weighted by atomic mass is 16.3. The minimum Gasteiger partial charge on any atom is -0.395 e. The Morgan fingerprint density at radius 1 is 1.46 bits per heavy atom. The van der Waals surface area contributed by atoms with Crippen LogP contribution in [0.5, 0.6) is 0 Å². The van der Waals surface area contributed by atoms with Crippen molar-refractivity contribution < 1.29 is 9.90 Å². The van der Waals surface area contributed by atoms with Gasteiger partial charge in [-0.05, 0) is 19.9 Å². The van der Waals surface area contributed by atoms with Gasteiger partial charge in [-0.2, -0.15) is 0 Å². The fourth-order valence-corrected chi connectivity index (χ4v) is 1.55. The highest BCUT2D eigenvalue weighted by molar-refractivity contribution is 5.78. The first-order valence-corrected chi connectivity index (χ1v) is 4.81. The van der Waals surface area contributed by atoms with E-state index in [0.717, 1.165) is 25.9 Å². The summed E-state index contributed by atoms with van der Waals surface area (Å²) in [6.45, 7) is 2.93. The smallest absolute Gasteiger partial charge is 0.236 e. The van der Waals surface area contributed by atoms with E-state index in [1.165, 1.54) is 0 Å². The standard InChI is InChI=1S/C9H18N2O2/c1-10(6-7-12)8-9(13)11-4-2-3-5-11/h12H,2-8H2,1H3. The fourth-order valence-electron chi connectivity index (χ4n) is 1.55. The Labute approximate surface area is 79.1 Å². The highest BCUT2D eigenvalue weighted by Crippen LogP contribution is 2.07. The molecule has 1 saturated heterocycles. The van der Waals surface area contributed by atoms with Gasteiger partial charge in [-0.1, -0.05) is 0 Å². The number of aliphatic hydroxyl groups excluding tert-OH is 1. The average molecular weight is 186 g/mol. The van der Waals surface area contributed by atoms with E-state index in [2.05, 4.69) is 0 Å². The van der Waals surface area contributed by atoms with Crippen molar-refractivity contribution in [2.75, 3.05) is 39.8 Å². The van der Waals surface area contributed by atoms with Gasteiger partial charge in [0.15, 0.2) is 0 Å². The van der Waals surface area contributed by atoms with Gasteiger partial charge in [-0.15, -0.1) is 0 Å². The van der Waals surface area contributed by atoms with E-state index in [9.17, 15) is 4.79 Å². The molecule has 0 aromatic rings. The van der Waals surface area contributed by atoms with Crippen molar-refractivity contribution in [3.05, 3.63) is 0 Å². The van der Waals surface area contributed by atoms with Gasteiger partial charge in [0.2, 0.25) is 5.91 Å². The van der Waals surface area contributed by atoms with Gasteiger partial charge in [0.25, 0.3) is 0 Å². The summed E-state index contributed by atoms with van der Waals surface area (Å²) < 4.78 is 0. The zero-order valence-corrected chi connectivity index (χ0v) is 8.20. The number of hydrogen-bond acceptors (Lipinski definition) is 3. The van der Waals surface area contributed by atoms with Crippen molar-refractivity contribution in [3.8, 4) is 0 Å². The Morgan fingerprint density at radius 3 is 2.62 bits per heavy atom. The van der Waals surface area contributed by atoms with Crippen molar-refractivity contribution in [1.29, 1.82) is 0 Å². The number of aliphatic hydroxyl groups is 1. The van der Waals surface area contributed by atoms with Crippen LogP contribution < -0.4 is 0 Å². The lowest BCUT2D eigenvalue weighted by molar-refractivity contribution is -0.131. The molecule has 0 radical (unpaired) electrons. The van der Waals surface area contributed by atoms with Crippen LogP contribution in [0.4, 0.5) is 0 Å². The maximum Gasteiger partial charge on any atom is 0.236 e. The molecular weight excluding hydrogens is 168 g/mol. The lowest BCUT2D eigenvalue weighted by Crippen LogP contribution is -2.38. The second-order valence-electron chi connectivity index (χ2n) is 3.55. The third-order valence-electron chi connectivity index (χ3n) is 2.35. The summed E-state index contributed by atoms with van der Waals surface area (Å²) >= 11 is 0. The quantitative estimate of drug-likeness (QED) is 0.645. The minimum absolute atomic E-state index is 0.115. The molecule has 0 atom stereocenters. The number of likely N-dealkylation sites (N-methyl/N-ethyl adjacent to an activating group) is 1. The van der Waals surface area contributed by atoms with E-state index in [1.807, 2.05) is 16.8 Å². The van der Waals surface area contributed by atoms with Crippen LogP contribution in [0, 0.1) is 0 Å². The van der Waals surface area contributed by atoms with Crippen LogP contribution in [-0.4, -0.2) is 60.6 Å². The number of carbonyl (C=O) groups is 1. The van der Waals surface area contributed by atoms with Gasteiger partial charge in [0, 0.05) is 19.6 Å². The molecule has 0 aromatic heterocycles. The van der Waals surface area contributed by atoms with E-state index in [1.54, 1.807) is 0 Å². The molecule has 1 aliphatic heterocycles. The topological polar surface area (TPSA) is 43.8 Å². The number of likely N-dealkylation sites (tertiary alicyclic amines) is 1. The van der Waals surface area contributed by atoms with E-state index in [-0.39, 0.29) is 12.5 Å². The zero-order chi connectivity index (χ0) is 9.68. The zero-order valence-electron chi connectivity index (χ0n) is 8.20. The second kappa shape index (κ2) is 5.19. The van der Waals surface area contributed by atoms with Crippen LogP contribution in [0.1, 0.15) is 12.8 Å². The molecule has 4 heteroatoms. The molecule has 0 aliphatic carbocycles. The summed E-state index contributed by atoms with van der Waals surface area (Å²) in [6, 6.07) is 0. The summed E-state index contributed by atoms with van der Waals surface area (Å²) in [5.41, 5.74) is 0. The number of amides is 1. The first-order chi connectivity index (χ1) is 6.24. The van der Waals surface area contributed by atoms with Gasteiger partial charge in [-0.3, -0.25) is 9.69 Å². The number of carbonyl (C=O) groups excluding carboxylic acids is 1. The molecule has 76 valence electrons. The lowest BCUT2D eigenvalue weighted by Gasteiger charge is -2.20. The molecule has 0 bridgehead atoms. The summed E-state index contributed by atoms with van der Waals surface area (Å²) in [4.78, 5) is 15.3. The maximum atomic E-state index is 11.5. The summed E-state index contributed by atoms with van der Waals surface area (Å²) in [5, 5.41) is 8.65. The Kier molecular flexibility index (Phi) is 4.18. The minimum atomic E-state index is 0.115. The normalized spacial score (nSPS) is 17.0. The largest absolute Gasteiger partial charge is 0.395 e. The molecule has 1 N–H and O–H groups in total. The molecule has 13 heavy (non-hydrogen) atoms. The SMILES string of the molecule is CN(CCO)CC(=O)N1CCCC1. The van der Waals surface area contributed by atoms with E-state index in [4.69, 9.17) is 5.11 Å². The third kappa shape index (κ3) is 3.32. The Morgan fingerprint density at radius 2 is 2.08 bits per heavy atom. The van der Waals surface area contributed by atoms with Crippen LogP contribution >= 0.6 is 0 Å². The van der Waals surface area contributed by atoms with Crippen molar-refractivity contribution in [2.45, 2.75) is 12.8 Å². The van der Waals surface area contributed by atoms with Gasteiger partial charge < -0.3 is 10.0 Å². The van der Waals surface area contributed by atoms with E-state index >= 15 is 0 Å². The molecular formula is C9H18N2O2. The maximum absolute atomic E-state index is 11.5. The number of hydrogen-bond donors (Lipinski definition) is 1. The van der Waals surface area contributed by atoms with Crippen molar-refractivity contribution in [2.24, 2.45) is 0 Å². The van der Waals surface area contributed by atoms with Gasteiger partial charge in [0.05, 0.1) is 13.2 Å². The van der Waals surface area contributed by atoms with Crippen molar-refractivity contribution in [3.63, 3.8) is 0 Å². The predicted octanol–water partition coefficient (Wildman–Crippen LogP) is -0.467. The van der Waals surface area contributed by atoms with Crippen LogP contribution in [-0.2, 0) is 4.79 Å². The fraction of sp³-hybridized carbons (Fsp3) is 0.889. The predicted molar refractivity (Wildman–Crippen MR) is 50.4 cm³/mol. The van der Waals surface area contributed by atoms with Crippen LogP contribution in [0.15, 0.2) is 0 Å². The van der Waals surface area contributed by atoms with Gasteiger partial charge >= 0.3 is 0 Å². The molecule has 1 heterocycles. The van der Waals surface area contributed by atoms with E-state index < -0.39 is 0 Å². The van der Waals surface area contributed by atoms with Gasteiger partial charge in [-0.25, -0.2) is 0 Å². The van der Waals surface area contributed by atoms with Gasteiger partial charge in [0.1, 0.15) is 0 Å². The molecule has 4 nitrogen and oxygen atoms in total. The first-order valence-electron chi connectivity index (χ1n) is 4.81. The Hall–Kier alpha value is -0.610. The van der Waals surface area contributed by atoms with Crippen LogP contribution in [0.2, 0.25) is 0 Å². The second-order valence-corrected chi connectivity index (χ2v) is 3.55. The lowest BCUT2D eigenvalue weighted by atomic mass is 10.4. The molecule has 1 fully saturated rings. The molecule has 1 rings (SSSR count). The highest BCUT2D eigenvalue weighted by Gasteiger charge is 2.18. The van der Waals surface area contributed by atoms with Crippen molar-refractivity contribution in [1.82, 2.24) is 9.80 Å². The monoisotopic (exact) mass is 186 g/mol. The van der Waals surface area contributed by atoms with E-state index in [0.29, 0.717) is 13.1 Å². The first kappa shape index (κ1) is 10.5. The molecule has 1 amide bonds. The summed E-state index contributed by atoms with van der Waals surface area (Å²) in [6.07, 6.45) is 2.27. The molecule has 0 spiro atoms. The Balaban J connectivity index is 2.23. The molecule has 0 aromatic carbocycles. The summed E-state index contributed by atoms with van der Waals surface area (Å²) in [7, 11) is 1.85. The summed E-state index contributed by atoms with van der Waals surface area (Å²) in [5.74, 6) is 0.188. The molecule has 0 saturated carbocycles. The van der Waals surface area contributed by atoms with Crippen LogP contribution in [0.25, 0.3) is 0 Å².